The minimum absolute atomic E-state index is 0.235. The summed E-state index contributed by atoms with van der Waals surface area (Å²) in [5.74, 6) is -1.59. The van der Waals surface area contributed by atoms with E-state index in [1.54, 1.807) is 0 Å². The third kappa shape index (κ3) is 4.07. The number of carbonyl (C=O) groups excluding carboxylic acids is 1. The summed E-state index contributed by atoms with van der Waals surface area (Å²) in [6.07, 6.45) is 4.44. The van der Waals surface area contributed by atoms with E-state index in [0.717, 1.165) is 17.0 Å². The molecule has 1 rings (SSSR count). The van der Waals surface area contributed by atoms with Crippen LogP contribution in [0.5, 0.6) is 0 Å². The Morgan fingerprint density at radius 2 is 1.89 bits per heavy atom. The van der Waals surface area contributed by atoms with Crippen LogP contribution < -0.4 is 0 Å². The van der Waals surface area contributed by atoms with E-state index in [-0.39, 0.29) is 6.54 Å². The van der Waals surface area contributed by atoms with Crippen molar-refractivity contribution >= 4 is 11.9 Å². The number of carboxylic acid groups (broad SMARTS) is 1. The maximum atomic E-state index is 13.4. The molecule has 0 unspecified atom stereocenters. The molecule has 0 aliphatic carbocycles. The first-order chi connectivity index (χ1) is 8.95. The van der Waals surface area contributed by atoms with E-state index in [9.17, 15) is 18.4 Å². The van der Waals surface area contributed by atoms with Gasteiger partial charge in [-0.2, -0.15) is 0 Å². The van der Waals surface area contributed by atoms with Crippen LogP contribution in [0.25, 0.3) is 0 Å². The number of hydrogen-bond acceptors (Lipinski definition) is 2. The van der Waals surface area contributed by atoms with E-state index in [0.29, 0.717) is 0 Å². The first-order valence-corrected chi connectivity index (χ1v) is 5.31. The average Bonchev–Trinajstić information content (AvgIpc) is 2.32. The summed E-state index contributed by atoms with van der Waals surface area (Å²) < 4.78 is 26.7. The number of hydrogen-bond donors (Lipinski definition) is 1. The summed E-state index contributed by atoms with van der Waals surface area (Å²) in [6.45, 7) is -0.847. The summed E-state index contributed by atoms with van der Waals surface area (Å²) in [5, 5.41) is 8.62. The van der Waals surface area contributed by atoms with Crippen molar-refractivity contribution in [3.05, 3.63) is 35.4 Å². The minimum atomic E-state index is -1.25. The topological polar surface area (TPSA) is 57.6 Å². The Labute approximate surface area is 108 Å². The SMILES string of the molecule is C#CCN(CC(=O)O)C(=O)Cc1c(F)cccc1F. The van der Waals surface area contributed by atoms with Crippen molar-refractivity contribution in [3.8, 4) is 12.3 Å². The number of benzene rings is 1. The second kappa shape index (κ2) is 6.50. The van der Waals surface area contributed by atoms with Crippen LogP contribution in [0.15, 0.2) is 18.2 Å². The summed E-state index contributed by atoms with van der Waals surface area (Å²) >= 11 is 0. The fraction of sp³-hybridized carbons (Fsp3) is 0.231. The molecular weight excluding hydrogens is 256 g/mol. The quantitative estimate of drug-likeness (QED) is 0.811. The molecule has 0 aliphatic heterocycles. The Kier molecular flexibility index (Phi) is 5.01. The Morgan fingerprint density at radius 1 is 1.32 bits per heavy atom. The van der Waals surface area contributed by atoms with Gasteiger partial charge in [0, 0.05) is 5.56 Å². The number of rotatable bonds is 5. The first kappa shape index (κ1) is 14.6. The van der Waals surface area contributed by atoms with Crippen molar-refractivity contribution in [2.45, 2.75) is 6.42 Å². The molecule has 1 aromatic rings. The summed E-state index contributed by atoms with van der Waals surface area (Å²) in [5.41, 5.74) is -0.403. The second-order valence-electron chi connectivity index (χ2n) is 3.72. The van der Waals surface area contributed by atoms with Gasteiger partial charge in [0.1, 0.15) is 18.2 Å². The fourth-order valence-electron chi connectivity index (χ4n) is 1.47. The number of aliphatic carboxylic acids is 1. The standard InChI is InChI=1S/C13H11F2NO3/c1-2-6-16(8-13(18)19)12(17)7-9-10(14)4-3-5-11(9)15/h1,3-5H,6-8H2,(H,18,19). The van der Waals surface area contributed by atoms with Crippen LogP contribution >= 0.6 is 0 Å². The number of terminal acetylenes is 1. The van der Waals surface area contributed by atoms with Crippen molar-refractivity contribution in [2.24, 2.45) is 0 Å². The lowest BCUT2D eigenvalue weighted by Gasteiger charge is -2.18. The molecule has 0 fully saturated rings. The lowest BCUT2D eigenvalue weighted by molar-refractivity contribution is -0.143. The zero-order valence-corrected chi connectivity index (χ0v) is 9.90. The summed E-state index contributed by atoms with van der Waals surface area (Å²) in [4.78, 5) is 23.2. The Bertz CT molecular complexity index is 517. The van der Waals surface area contributed by atoms with Gasteiger partial charge >= 0.3 is 5.97 Å². The molecule has 0 saturated heterocycles. The van der Waals surface area contributed by atoms with Crippen molar-refractivity contribution in [1.82, 2.24) is 4.90 Å². The van der Waals surface area contributed by atoms with Gasteiger partial charge in [0.2, 0.25) is 5.91 Å². The van der Waals surface area contributed by atoms with Gasteiger partial charge in [-0.1, -0.05) is 12.0 Å². The molecule has 0 spiro atoms. The van der Waals surface area contributed by atoms with E-state index in [1.807, 2.05) is 0 Å². The van der Waals surface area contributed by atoms with Gasteiger partial charge in [-0.3, -0.25) is 9.59 Å². The largest absolute Gasteiger partial charge is 0.480 e. The molecule has 6 heteroatoms. The zero-order chi connectivity index (χ0) is 14.4. The number of halogens is 2. The highest BCUT2D eigenvalue weighted by atomic mass is 19.1. The number of amides is 1. The van der Waals surface area contributed by atoms with Crippen LogP contribution in [-0.4, -0.2) is 35.0 Å². The molecule has 0 heterocycles. The van der Waals surface area contributed by atoms with Gasteiger partial charge in [-0.05, 0) is 12.1 Å². The summed E-state index contributed by atoms with van der Waals surface area (Å²) in [7, 11) is 0. The van der Waals surface area contributed by atoms with Crippen molar-refractivity contribution in [3.63, 3.8) is 0 Å². The highest BCUT2D eigenvalue weighted by Crippen LogP contribution is 2.13. The molecule has 4 nitrogen and oxygen atoms in total. The maximum Gasteiger partial charge on any atom is 0.323 e. The minimum Gasteiger partial charge on any atom is -0.480 e. The predicted octanol–water partition coefficient (Wildman–Crippen LogP) is 1.05. The molecular formula is C13H11F2NO3. The number of carboxylic acids is 1. The van der Waals surface area contributed by atoms with Crippen molar-refractivity contribution in [2.75, 3.05) is 13.1 Å². The normalized spacial score (nSPS) is 9.74. The monoisotopic (exact) mass is 267 g/mol. The van der Waals surface area contributed by atoms with Crippen LogP contribution in [-0.2, 0) is 16.0 Å². The van der Waals surface area contributed by atoms with E-state index in [4.69, 9.17) is 11.5 Å². The molecule has 1 aromatic carbocycles. The first-order valence-electron chi connectivity index (χ1n) is 5.31. The third-order valence-electron chi connectivity index (χ3n) is 2.35. The molecule has 0 aromatic heterocycles. The lowest BCUT2D eigenvalue weighted by Crippen LogP contribution is -2.37. The third-order valence-corrected chi connectivity index (χ3v) is 2.35. The van der Waals surface area contributed by atoms with Crippen LogP contribution in [0.3, 0.4) is 0 Å². The van der Waals surface area contributed by atoms with Gasteiger partial charge < -0.3 is 10.0 Å². The number of carbonyl (C=O) groups is 2. The lowest BCUT2D eigenvalue weighted by atomic mass is 10.1. The van der Waals surface area contributed by atoms with Crippen molar-refractivity contribution < 1.29 is 23.5 Å². The van der Waals surface area contributed by atoms with Gasteiger partial charge in [0.25, 0.3) is 0 Å². The number of nitrogens with zero attached hydrogens (tertiary/aromatic N) is 1. The molecule has 100 valence electrons. The van der Waals surface area contributed by atoms with Crippen LogP contribution in [0, 0.1) is 24.0 Å². The van der Waals surface area contributed by atoms with Gasteiger partial charge in [0.15, 0.2) is 0 Å². The molecule has 0 radical (unpaired) electrons. The second-order valence-corrected chi connectivity index (χ2v) is 3.72. The van der Waals surface area contributed by atoms with Crippen molar-refractivity contribution in [1.29, 1.82) is 0 Å². The van der Waals surface area contributed by atoms with Gasteiger partial charge in [-0.15, -0.1) is 6.42 Å². The van der Waals surface area contributed by atoms with E-state index in [1.165, 1.54) is 6.07 Å². The smallest absolute Gasteiger partial charge is 0.323 e. The molecule has 0 saturated carbocycles. The van der Waals surface area contributed by atoms with E-state index >= 15 is 0 Å². The van der Waals surface area contributed by atoms with E-state index in [2.05, 4.69) is 5.92 Å². The summed E-state index contributed by atoms with van der Waals surface area (Å²) in [6, 6.07) is 3.22. The highest BCUT2D eigenvalue weighted by molar-refractivity contribution is 5.83. The van der Waals surface area contributed by atoms with Crippen LogP contribution in [0.2, 0.25) is 0 Å². The Morgan fingerprint density at radius 3 is 2.37 bits per heavy atom. The average molecular weight is 267 g/mol. The maximum absolute atomic E-state index is 13.4. The van der Waals surface area contributed by atoms with Crippen LogP contribution in [0.1, 0.15) is 5.56 Å². The fourth-order valence-corrected chi connectivity index (χ4v) is 1.47. The van der Waals surface area contributed by atoms with Gasteiger partial charge in [0.05, 0.1) is 13.0 Å². The Hall–Kier alpha value is -2.42. The molecule has 1 N–H and O–H groups in total. The molecule has 0 bridgehead atoms. The zero-order valence-electron chi connectivity index (χ0n) is 9.90. The highest BCUT2D eigenvalue weighted by Gasteiger charge is 2.19. The molecule has 19 heavy (non-hydrogen) atoms. The van der Waals surface area contributed by atoms with E-state index < -0.39 is 42.0 Å². The molecule has 0 aliphatic rings. The Balaban J connectivity index is 2.87. The van der Waals surface area contributed by atoms with Gasteiger partial charge in [-0.25, -0.2) is 8.78 Å². The predicted molar refractivity (Wildman–Crippen MR) is 63.1 cm³/mol. The molecule has 1 amide bonds. The molecule has 0 atom stereocenters. The van der Waals surface area contributed by atoms with Crippen LogP contribution in [0.4, 0.5) is 8.78 Å².